The Bertz CT molecular complexity index is 1450. The summed E-state index contributed by atoms with van der Waals surface area (Å²) in [5.74, 6) is -2.21. The van der Waals surface area contributed by atoms with Crippen LogP contribution in [0.2, 0.25) is 0 Å². The maximum atomic E-state index is 14.0. The van der Waals surface area contributed by atoms with Gasteiger partial charge >= 0.3 is 6.18 Å². The molecule has 2 heterocycles. The van der Waals surface area contributed by atoms with Gasteiger partial charge in [0, 0.05) is 35.2 Å². The van der Waals surface area contributed by atoms with Crippen LogP contribution in [0.5, 0.6) is 0 Å². The van der Waals surface area contributed by atoms with Crippen LogP contribution in [0.1, 0.15) is 61.9 Å². The first-order valence-corrected chi connectivity index (χ1v) is 13.3. The SMILES string of the molecule is CCCCN1C(=CC2C(O)C(c3c(C(F)(F)F)[nH]n(-c4ccccc4)c3=O)C2O)C(C)(C)c2cc(C)ccc21. The molecule has 1 aliphatic carbocycles. The van der Waals surface area contributed by atoms with E-state index in [1.165, 1.54) is 12.1 Å². The van der Waals surface area contributed by atoms with Gasteiger partial charge in [0.25, 0.3) is 5.56 Å². The number of halogens is 3. The van der Waals surface area contributed by atoms with Crippen molar-refractivity contribution in [1.29, 1.82) is 0 Å². The monoisotopic (exact) mass is 541 g/mol. The third-order valence-corrected chi connectivity index (χ3v) is 8.22. The Morgan fingerprint density at radius 2 is 1.74 bits per heavy atom. The molecule has 3 N–H and O–H groups in total. The molecule has 6 nitrogen and oxygen atoms in total. The molecule has 1 saturated carbocycles. The number of nitrogens with one attached hydrogen (secondary N) is 1. The van der Waals surface area contributed by atoms with Crippen LogP contribution in [0.4, 0.5) is 18.9 Å². The molecule has 0 saturated heterocycles. The quantitative estimate of drug-likeness (QED) is 0.390. The van der Waals surface area contributed by atoms with Crippen molar-refractivity contribution in [2.75, 3.05) is 11.4 Å². The van der Waals surface area contributed by atoms with Crippen LogP contribution >= 0.6 is 0 Å². The standard InChI is InChI=1S/C30H34F3N3O3/c1-5-6-14-35-21-13-12-17(2)15-20(21)29(3,4)22(35)16-19-25(37)23(26(19)38)24-27(30(31,32)33)34-36(28(24)39)18-10-8-7-9-11-18/h7-13,15-16,19,23,25-26,34,37-38H,5-6,14H2,1-4H3. The van der Waals surface area contributed by atoms with Gasteiger partial charge in [-0.25, -0.2) is 4.68 Å². The summed E-state index contributed by atoms with van der Waals surface area (Å²) in [4.78, 5) is 15.4. The van der Waals surface area contributed by atoms with E-state index >= 15 is 0 Å². The summed E-state index contributed by atoms with van der Waals surface area (Å²) in [6.45, 7) is 9.01. The number of fused-ring (bicyclic) bond motifs is 1. The number of aryl methyl sites for hydroxylation is 1. The van der Waals surface area contributed by atoms with E-state index in [4.69, 9.17) is 0 Å². The Kier molecular flexibility index (Phi) is 6.79. The number of allylic oxidation sites excluding steroid dienone is 1. The van der Waals surface area contributed by atoms with Crippen molar-refractivity contribution < 1.29 is 23.4 Å². The van der Waals surface area contributed by atoms with E-state index in [9.17, 15) is 28.2 Å². The minimum atomic E-state index is -4.87. The molecule has 9 heteroatoms. The molecule has 2 aromatic carbocycles. The number of para-hydroxylation sites is 1. The van der Waals surface area contributed by atoms with Crippen LogP contribution < -0.4 is 10.5 Å². The lowest BCUT2D eigenvalue weighted by Crippen LogP contribution is -2.55. The van der Waals surface area contributed by atoms with Gasteiger partial charge in [-0.1, -0.05) is 69.2 Å². The number of nitrogens with zero attached hydrogens (tertiary/aromatic N) is 2. The van der Waals surface area contributed by atoms with Crippen molar-refractivity contribution in [3.63, 3.8) is 0 Å². The summed E-state index contributed by atoms with van der Waals surface area (Å²) in [7, 11) is 0. The number of aliphatic hydroxyl groups excluding tert-OH is 2. The van der Waals surface area contributed by atoms with Crippen molar-refractivity contribution in [3.05, 3.63) is 93.0 Å². The van der Waals surface area contributed by atoms with Crippen molar-refractivity contribution >= 4 is 5.69 Å². The predicted molar refractivity (Wildman–Crippen MR) is 144 cm³/mol. The summed E-state index contributed by atoms with van der Waals surface area (Å²) >= 11 is 0. The summed E-state index contributed by atoms with van der Waals surface area (Å²) in [5.41, 5.74) is 1.15. The van der Waals surface area contributed by atoms with E-state index in [1.54, 1.807) is 24.3 Å². The average molecular weight is 542 g/mol. The Morgan fingerprint density at radius 1 is 1.08 bits per heavy atom. The maximum absolute atomic E-state index is 14.0. The van der Waals surface area contributed by atoms with Gasteiger partial charge in [-0.3, -0.25) is 9.89 Å². The predicted octanol–water partition coefficient (Wildman–Crippen LogP) is 5.41. The maximum Gasteiger partial charge on any atom is 0.433 e. The number of unbranched alkanes of at least 4 members (excludes halogenated alkanes) is 1. The normalized spacial score (nSPS) is 25.2. The number of hydrogen-bond acceptors (Lipinski definition) is 4. The molecule has 208 valence electrons. The Labute approximate surface area is 225 Å². The largest absolute Gasteiger partial charge is 0.433 e. The third kappa shape index (κ3) is 4.41. The molecule has 39 heavy (non-hydrogen) atoms. The fourth-order valence-electron chi connectivity index (χ4n) is 6.04. The molecule has 5 rings (SSSR count). The molecular formula is C30H34F3N3O3. The van der Waals surface area contributed by atoms with Gasteiger partial charge in [-0.05, 0) is 37.1 Å². The number of aliphatic hydroxyl groups is 2. The zero-order valence-corrected chi connectivity index (χ0v) is 22.5. The van der Waals surface area contributed by atoms with Crippen LogP contribution in [0, 0.1) is 12.8 Å². The number of hydrogen-bond donors (Lipinski definition) is 3. The van der Waals surface area contributed by atoms with Gasteiger partial charge in [0.1, 0.15) is 5.69 Å². The minimum absolute atomic E-state index is 0.230. The van der Waals surface area contributed by atoms with E-state index < -0.39 is 52.5 Å². The first-order valence-electron chi connectivity index (χ1n) is 13.3. The number of anilines is 1. The molecule has 1 aliphatic heterocycles. The first-order chi connectivity index (χ1) is 18.4. The summed E-state index contributed by atoms with van der Waals surface area (Å²) in [6, 6.07) is 14.2. The molecule has 2 aliphatic rings. The van der Waals surface area contributed by atoms with Crippen molar-refractivity contribution in [1.82, 2.24) is 9.78 Å². The van der Waals surface area contributed by atoms with E-state index in [1.807, 2.05) is 13.0 Å². The lowest BCUT2D eigenvalue weighted by atomic mass is 9.64. The topological polar surface area (TPSA) is 81.5 Å². The van der Waals surface area contributed by atoms with Crippen molar-refractivity contribution in [3.8, 4) is 5.69 Å². The summed E-state index contributed by atoms with van der Waals surface area (Å²) in [5, 5.41) is 24.6. The number of alkyl halides is 3. The number of aromatic nitrogens is 2. The first kappa shape index (κ1) is 27.3. The molecular weight excluding hydrogens is 507 g/mol. The molecule has 1 aromatic heterocycles. The molecule has 0 spiro atoms. The Morgan fingerprint density at radius 3 is 2.36 bits per heavy atom. The second-order valence-electron chi connectivity index (χ2n) is 11.2. The lowest BCUT2D eigenvalue weighted by molar-refractivity contribution is -0.145. The van der Waals surface area contributed by atoms with Crippen LogP contribution in [-0.4, -0.2) is 38.7 Å². The number of aromatic amines is 1. The second-order valence-corrected chi connectivity index (χ2v) is 11.2. The minimum Gasteiger partial charge on any atom is -0.392 e. The van der Waals surface area contributed by atoms with Gasteiger partial charge < -0.3 is 15.1 Å². The third-order valence-electron chi connectivity index (χ3n) is 8.22. The number of benzene rings is 2. The van der Waals surface area contributed by atoms with Gasteiger partial charge in [0.05, 0.1) is 23.5 Å². The van der Waals surface area contributed by atoms with Gasteiger partial charge in [0.15, 0.2) is 0 Å². The van der Waals surface area contributed by atoms with Crippen LogP contribution in [-0.2, 0) is 11.6 Å². The van der Waals surface area contributed by atoms with Crippen LogP contribution in [0.15, 0.2) is 65.1 Å². The highest BCUT2D eigenvalue weighted by Crippen LogP contribution is 2.52. The molecule has 2 atom stereocenters. The Balaban J connectivity index is 1.54. The Hall–Kier alpha value is -3.30. The average Bonchev–Trinajstić information content (AvgIpc) is 3.33. The van der Waals surface area contributed by atoms with Crippen molar-refractivity contribution in [2.24, 2.45) is 5.92 Å². The zero-order valence-electron chi connectivity index (χ0n) is 22.5. The zero-order chi connectivity index (χ0) is 28.3. The van der Waals surface area contributed by atoms with E-state index in [-0.39, 0.29) is 5.69 Å². The summed E-state index contributed by atoms with van der Waals surface area (Å²) in [6.07, 6.45) is -3.90. The highest BCUT2D eigenvalue weighted by Gasteiger charge is 2.55. The molecule has 0 amide bonds. The highest BCUT2D eigenvalue weighted by atomic mass is 19.4. The van der Waals surface area contributed by atoms with Gasteiger partial charge in [0.2, 0.25) is 0 Å². The number of H-pyrrole nitrogens is 1. The van der Waals surface area contributed by atoms with Crippen LogP contribution in [0.25, 0.3) is 5.69 Å². The highest BCUT2D eigenvalue weighted by molar-refractivity contribution is 5.71. The molecule has 0 radical (unpaired) electrons. The fourth-order valence-corrected chi connectivity index (χ4v) is 6.04. The smallest absolute Gasteiger partial charge is 0.392 e. The van der Waals surface area contributed by atoms with E-state index in [0.29, 0.717) is 0 Å². The lowest BCUT2D eigenvalue weighted by Gasteiger charge is -2.46. The van der Waals surface area contributed by atoms with E-state index in [2.05, 4.69) is 42.9 Å². The molecule has 3 aromatic rings. The van der Waals surface area contributed by atoms with E-state index in [0.717, 1.165) is 46.6 Å². The fraction of sp³-hybridized carbons (Fsp3) is 0.433. The summed E-state index contributed by atoms with van der Waals surface area (Å²) < 4.78 is 43.0. The number of rotatable bonds is 6. The molecule has 1 fully saturated rings. The van der Waals surface area contributed by atoms with Gasteiger partial charge in [-0.15, -0.1) is 0 Å². The second kappa shape index (κ2) is 9.71. The van der Waals surface area contributed by atoms with Crippen molar-refractivity contribution in [2.45, 2.75) is 70.3 Å². The van der Waals surface area contributed by atoms with Crippen LogP contribution in [0.3, 0.4) is 0 Å². The van der Waals surface area contributed by atoms with Gasteiger partial charge in [-0.2, -0.15) is 13.2 Å². The molecule has 2 unspecified atom stereocenters. The molecule has 0 bridgehead atoms.